The van der Waals surface area contributed by atoms with Crippen LogP contribution in [0.4, 0.5) is 0 Å². The third-order valence-corrected chi connectivity index (χ3v) is 7.16. The Morgan fingerprint density at radius 3 is 2.94 bits per heavy atom. The summed E-state index contributed by atoms with van der Waals surface area (Å²) < 4.78 is 1.17. The zero-order chi connectivity index (χ0) is 21.4. The van der Waals surface area contributed by atoms with Crippen LogP contribution in [0, 0.1) is 12.8 Å². The molecular weight excluding hydrogens is 404 g/mol. The second-order valence-corrected chi connectivity index (χ2v) is 9.70. The van der Waals surface area contributed by atoms with Crippen molar-refractivity contribution >= 4 is 33.0 Å². The maximum Gasteiger partial charge on any atom is 0.255 e. The van der Waals surface area contributed by atoms with Crippen LogP contribution in [0.2, 0.25) is 0 Å². The molecule has 1 N–H and O–H groups in total. The van der Waals surface area contributed by atoms with Gasteiger partial charge in [-0.15, -0.1) is 11.3 Å². The van der Waals surface area contributed by atoms with Gasteiger partial charge >= 0.3 is 0 Å². The highest BCUT2D eigenvalue weighted by molar-refractivity contribution is 7.18. The van der Waals surface area contributed by atoms with Gasteiger partial charge in [0.25, 0.3) is 5.91 Å². The summed E-state index contributed by atoms with van der Waals surface area (Å²) in [6, 6.07) is 6.36. The number of hydrogen-bond acceptors (Lipinski definition) is 5. The first-order valence-electron chi connectivity index (χ1n) is 11.1. The Hall–Kier alpha value is -2.70. The van der Waals surface area contributed by atoms with Crippen molar-refractivity contribution in [1.82, 2.24) is 20.1 Å². The molecule has 5 nitrogen and oxygen atoms in total. The Labute approximate surface area is 187 Å². The van der Waals surface area contributed by atoms with Crippen molar-refractivity contribution in [2.24, 2.45) is 5.92 Å². The van der Waals surface area contributed by atoms with E-state index in [1.54, 1.807) is 11.3 Å². The van der Waals surface area contributed by atoms with Crippen molar-refractivity contribution < 1.29 is 4.79 Å². The van der Waals surface area contributed by atoms with E-state index in [1.807, 2.05) is 24.1 Å². The summed E-state index contributed by atoms with van der Waals surface area (Å²) in [5, 5.41) is 4.51. The smallest absolute Gasteiger partial charge is 0.255 e. The van der Waals surface area contributed by atoms with Gasteiger partial charge in [-0.05, 0) is 67.6 Å². The second kappa shape index (κ2) is 8.44. The van der Waals surface area contributed by atoms with Gasteiger partial charge in [0, 0.05) is 37.6 Å². The number of thiazole rings is 1. The third kappa shape index (κ3) is 4.10. The second-order valence-electron chi connectivity index (χ2n) is 8.47. The van der Waals surface area contributed by atoms with Crippen molar-refractivity contribution in [3.05, 3.63) is 70.7 Å². The number of benzene rings is 1. The first-order valence-corrected chi connectivity index (χ1v) is 11.9. The standard InChI is InChI=1S/C25H28N4OS/c1-17-4-6-20-7-8-21(28-12-3-10-26-11-13-28)16-29(20)25(30)15-22(17)19-5-9-23-24(14-19)31-18(2)27-23/h5-9,14-17,26H,3-4,10-13H2,1-2H3. The third-order valence-electron chi connectivity index (χ3n) is 6.23. The van der Waals surface area contributed by atoms with Crippen molar-refractivity contribution in [2.45, 2.75) is 26.7 Å². The van der Waals surface area contributed by atoms with Crippen LogP contribution in [0.5, 0.6) is 0 Å². The van der Waals surface area contributed by atoms with E-state index in [-0.39, 0.29) is 11.8 Å². The van der Waals surface area contributed by atoms with Crippen molar-refractivity contribution in [3.63, 3.8) is 0 Å². The van der Waals surface area contributed by atoms with Gasteiger partial charge in [0.15, 0.2) is 0 Å². The normalized spacial score (nSPS) is 22.3. The maximum atomic E-state index is 13.4. The first-order chi connectivity index (χ1) is 15.1. The molecular formula is C25H28N4OS. The monoisotopic (exact) mass is 432 g/mol. The van der Waals surface area contributed by atoms with Crippen molar-refractivity contribution in [2.75, 3.05) is 26.2 Å². The van der Waals surface area contributed by atoms with Crippen LogP contribution in [0.25, 0.3) is 15.8 Å². The summed E-state index contributed by atoms with van der Waals surface area (Å²) in [6.45, 7) is 8.23. The number of rotatable bonds is 2. The van der Waals surface area contributed by atoms with E-state index >= 15 is 0 Å². The number of carbonyl (C=O) groups excluding carboxylic acids is 1. The molecule has 6 heteroatoms. The fraction of sp³-hybridized carbons (Fsp3) is 0.360. The molecule has 160 valence electrons. The first kappa shape index (κ1) is 20.2. The minimum Gasteiger partial charge on any atom is -0.369 e. The number of amides is 1. The Balaban J connectivity index is 1.48. The quantitative estimate of drug-likeness (QED) is 0.762. The predicted molar refractivity (Wildman–Crippen MR) is 127 cm³/mol. The number of fused-ring (bicyclic) bond motifs is 2. The fourth-order valence-electron chi connectivity index (χ4n) is 4.51. The molecule has 1 aromatic carbocycles. The van der Waals surface area contributed by atoms with Gasteiger partial charge in [0.05, 0.1) is 20.9 Å². The van der Waals surface area contributed by atoms with E-state index in [0.717, 1.165) is 72.1 Å². The molecule has 1 unspecified atom stereocenters. The highest BCUT2D eigenvalue weighted by Gasteiger charge is 2.24. The molecule has 3 aliphatic heterocycles. The largest absolute Gasteiger partial charge is 0.369 e. The van der Waals surface area contributed by atoms with E-state index in [2.05, 4.69) is 58.6 Å². The number of hydrogen-bond donors (Lipinski definition) is 1. The molecule has 0 radical (unpaired) electrons. The lowest BCUT2D eigenvalue weighted by Crippen LogP contribution is -2.32. The van der Waals surface area contributed by atoms with Gasteiger partial charge in [-0.2, -0.15) is 0 Å². The lowest BCUT2D eigenvalue weighted by atomic mass is 9.89. The average molecular weight is 433 g/mol. The highest BCUT2D eigenvalue weighted by atomic mass is 32.1. The Morgan fingerprint density at radius 2 is 2.03 bits per heavy atom. The van der Waals surface area contributed by atoms with Gasteiger partial charge in [0.1, 0.15) is 0 Å². The van der Waals surface area contributed by atoms with Crippen LogP contribution in [0.1, 0.15) is 30.3 Å². The van der Waals surface area contributed by atoms with E-state index in [4.69, 9.17) is 0 Å². The molecule has 0 bridgehead atoms. The fourth-order valence-corrected chi connectivity index (χ4v) is 5.37. The molecule has 4 heterocycles. The van der Waals surface area contributed by atoms with Crippen LogP contribution in [0.15, 0.2) is 60.1 Å². The van der Waals surface area contributed by atoms with E-state index in [0.29, 0.717) is 0 Å². The number of nitrogens with one attached hydrogen (secondary N) is 1. The Kier molecular flexibility index (Phi) is 5.50. The molecule has 1 fully saturated rings. The zero-order valence-corrected chi connectivity index (χ0v) is 18.9. The van der Waals surface area contributed by atoms with Gasteiger partial charge in [-0.25, -0.2) is 4.98 Å². The molecule has 0 saturated carbocycles. The SMILES string of the molecule is Cc1nc2ccc(C3=CC(=O)N4C=C(N5CCCNCC5)C=CC4=CCC3C)cc2s1. The minimum absolute atomic E-state index is 0.0168. The Bertz CT molecular complexity index is 1130. The summed E-state index contributed by atoms with van der Waals surface area (Å²) in [5.74, 6) is 0.281. The van der Waals surface area contributed by atoms with Crippen LogP contribution < -0.4 is 5.32 Å². The zero-order valence-electron chi connectivity index (χ0n) is 18.1. The molecule has 1 amide bonds. The topological polar surface area (TPSA) is 48.5 Å². The molecule has 1 saturated heterocycles. The average Bonchev–Trinajstić information content (AvgIpc) is 2.95. The summed E-state index contributed by atoms with van der Waals surface area (Å²) in [5.41, 5.74) is 5.32. The molecule has 5 rings (SSSR count). The summed E-state index contributed by atoms with van der Waals surface area (Å²) in [4.78, 5) is 22.1. The van der Waals surface area contributed by atoms with Gasteiger partial charge in [0.2, 0.25) is 0 Å². The Morgan fingerprint density at radius 1 is 1.16 bits per heavy atom. The number of carbonyl (C=O) groups is 1. The molecule has 31 heavy (non-hydrogen) atoms. The number of aromatic nitrogens is 1. The number of allylic oxidation sites excluding steroid dienone is 4. The minimum atomic E-state index is 0.0168. The predicted octanol–water partition coefficient (Wildman–Crippen LogP) is 4.45. The maximum absolute atomic E-state index is 13.4. The van der Waals surface area contributed by atoms with Gasteiger partial charge in [-0.3, -0.25) is 9.69 Å². The van der Waals surface area contributed by atoms with Crippen LogP contribution in [0.3, 0.4) is 0 Å². The summed E-state index contributed by atoms with van der Waals surface area (Å²) >= 11 is 1.70. The van der Waals surface area contributed by atoms with Crippen LogP contribution in [-0.2, 0) is 4.79 Å². The van der Waals surface area contributed by atoms with Crippen LogP contribution in [-0.4, -0.2) is 46.9 Å². The van der Waals surface area contributed by atoms with E-state index in [9.17, 15) is 4.79 Å². The van der Waals surface area contributed by atoms with Crippen molar-refractivity contribution in [1.29, 1.82) is 0 Å². The molecule has 1 aromatic heterocycles. The molecule has 0 aliphatic carbocycles. The number of aryl methyl sites for hydroxylation is 1. The molecule has 0 spiro atoms. The summed E-state index contributed by atoms with van der Waals surface area (Å²) in [6.07, 6.45) is 12.3. The molecule has 2 aromatic rings. The molecule has 1 atom stereocenters. The van der Waals surface area contributed by atoms with Crippen LogP contribution >= 0.6 is 11.3 Å². The van der Waals surface area contributed by atoms with Gasteiger partial charge < -0.3 is 10.2 Å². The van der Waals surface area contributed by atoms with Gasteiger partial charge in [-0.1, -0.05) is 19.1 Å². The lowest BCUT2D eigenvalue weighted by Gasteiger charge is -2.31. The van der Waals surface area contributed by atoms with Crippen molar-refractivity contribution in [3.8, 4) is 0 Å². The number of nitrogens with zero attached hydrogens (tertiary/aromatic N) is 3. The molecule has 3 aliphatic rings. The van der Waals surface area contributed by atoms with E-state index < -0.39 is 0 Å². The lowest BCUT2D eigenvalue weighted by molar-refractivity contribution is -0.122. The highest BCUT2D eigenvalue weighted by Crippen LogP contribution is 2.34. The van der Waals surface area contributed by atoms with E-state index in [1.165, 1.54) is 4.70 Å². The summed E-state index contributed by atoms with van der Waals surface area (Å²) in [7, 11) is 0.